The summed E-state index contributed by atoms with van der Waals surface area (Å²) in [5.74, 6) is 0.582. The van der Waals surface area contributed by atoms with Gasteiger partial charge < -0.3 is 14.8 Å². The molecule has 2 aromatic carbocycles. The molecule has 1 heterocycles. The van der Waals surface area contributed by atoms with Crippen molar-refractivity contribution in [2.75, 3.05) is 18.1 Å². The highest BCUT2D eigenvalue weighted by molar-refractivity contribution is 5.88. The van der Waals surface area contributed by atoms with Crippen molar-refractivity contribution in [1.82, 2.24) is 4.98 Å². The zero-order valence-corrected chi connectivity index (χ0v) is 13.5. The van der Waals surface area contributed by atoms with Gasteiger partial charge in [-0.2, -0.15) is 0 Å². The summed E-state index contributed by atoms with van der Waals surface area (Å²) in [7, 11) is 0. The molecule has 3 aromatic rings. The van der Waals surface area contributed by atoms with Crippen LogP contribution in [0, 0.1) is 0 Å². The van der Waals surface area contributed by atoms with Crippen LogP contribution in [0.25, 0.3) is 10.9 Å². The first-order valence-corrected chi connectivity index (χ1v) is 7.98. The lowest BCUT2D eigenvalue weighted by Gasteiger charge is -2.21. The van der Waals surface area contributed by atoms with Gasteiger partial charge in [0.2, 0.25) is 0 Å². The number of ether oxygens (including phenoxy) is 1. The molecule has 0 atom stereocenters. The van der Waals surface area contributed by atoms with E-state index in [1.807, 2.05) is 43.3 Å². The van der Waals surface area contributed by atoms with Crippen molar-refractivity contribution < 1.29 is 14.6 Å². The van der Waals surface area contributed by atoms with Crippen LogP contribution in [-0.2, 0) is 6.42 Å². The molecule has 1 amide bonds. The van der Waals surface area contributed by atoms with Crippen LogP contribution in [-0.4, -0.2) is 29.3 Å². The van der Waals surface area contributed by atoms with E-state index in [-0.39, 0.29) is 0 Å². The summed E-state index contributed by atoms with van der Waals surface area (Å²) in [4.78, 5) is 16.4. The number of hydrogen-bond acceptors (Lipinski definition) is 2. The maximum Gasteiger partial charge on any atom is 0.411 e. The third kappa shape index (κ3) is 3.35. The van der Waals surface area contributed by atoms with Crippen molar-refractivity contribution >= 4 is 22.7 Å². The molecule has 0 bridgehead atoms. The molecule has 0 saturated carbocycles. The second-order valence-electron chi connectivity index (χ2n) is 5.47. The third-order valence-electron chi connectivity index (χ3n) is 3.88. The molecule has 24 heavy (non-hydrogen) atoms. The Bertz CT molecular complexity index is 808. The topological polar surface area (TPSA) is 65.6 Å². The van der Waals surface area contributed by atoms with Gasteiger partial charge in [0.15, 0.2) is 0 Å². The van der Waals surface area contributed by atoms with Gasteiger partial charge in [-0.1, -0.05) is 30.3 Å². The van der Waals surface area contributed by atoms with Crippen LogP contribution in [0.4, 0.5) is 10.5 Å². The number of H-pyrrole nitrogens is 1. The standard InChI is InChI=1S/C19H20N2O3/c1-2-24-18-10-6-5-9-17(18)21(19(22)23)12-11-15-13-14-7-3-4-8-16(14)20-15/h3-10,13,20H,2,11-12H2,1H3,(H,22,23). The number of fused-ring (bicyclic) bond motifs is 1. The number of hydrogen-bond donors (Lipinski definition) is 2. The minimum atomic E-state index is -0.988. The summed E-state index contributed by atoms with van der Waals surface area (Å²) in [6.07, 6.45) is -0.389. The second kappa shape index (κ2) is 7.08. The molecule has 0 spiro atoms. The van der Waals surface area contributed by atoms with E-state index in [0.717, 1.165) is 16.6 Å². The molecule has 0 fully saturated rings. The summed E-state index contributed by atoms with van der Waals surface area (Å²) >= 11 is 0. The molecule has 3 rings (SSSR count). The van der Waals surface area contributed by atoms with E-state index in [1.54, 1.807) is 12.1 Å². The predicted octanol–water partition coefficient (Wildman–Crippen LogP) is 4.29. The van der Waals surface area contributed by atoms with Crippen molar-refractivity contribution in [1.29, 1.82) is 0 Å². The van der Waals surface area contributed by atoms with Crippen molar-refractivity contribution in [3.8, 4) is 5.75 Å². The maximum atomic E-state index is 11.7. The van der Waals surface area contributed by atoms with E-state index in [0.29, 0.717) is 31.0 Å². The number of nitrogens with zero attached hydrogens (tertiary/aromatic N) is 1. The first kappa shape index (κ1) is 15.9. The van der Waals surface area contributed by atoms with Gasteiger partial charge in [-0.25, -0.2) is 4.79 Å². The molecule has 0 aliphatic heterocycles. The SMILES string of the molecule is CCOc1ccccc1N(CCc1cc2ccccc2[nH]1)C(=O)O. The highest BCUT2D eigenvalue weighted by atomic mass is 16.5. The average Bonchev–Trinajstić information content (AvgIpc) is 2.99. The average molecular weight is 324 g/mol. The van der Waals surface area contributed by atoms with E-state index in [2.05, 4.69) is 11.1 Å². The zero-order chi connectivity index (χ0) is 16.9. The number of nitrogens with one attached hydrogen (secondary N) is 1. The number of aromatic amines is 1. The minimum absolute atomic E-state index is 0.353. The molecule has 0 unspecified atom stereocenters. The van der Waals surface area contributed by atoms with Gasteiger partial charge in [-0.15, -0.1) is 0 Å². The molecule has 124 valence electrons. The maximum absolute atomic E-state index is 11.7. The molecular formula is C19H20N2O3. The lowest BCUT2D eigenvalue weighted by Crippen LogP contribution is -2.31. The number of benzene rings is 2. The number of para-hydroxylation sites is 3. The Kier molecular flexibility index (Phi) is 4.70. The van der Waals surface area contributed by atoms with E-state index in [4.69, 9.17) is 4.74 Å². The van der Waals surface area contributed by atoms with Crippen LogP contribution in [0.1, 0.15) is 12.6 Å². The number of amides is 1. The predicted molar refractivity (Wildman–Crippen MR) is 95.0 cm³/mol. The normalized spacial score (nSPS) is 10.7. The quantitative estimate of drug-likeness (QED) is 0.710. The number of carbonyl (C=O) groups is 1. The second-order valence-corrected chi connectivity index (χ2v) is 5.47. The molecule has 5 nitrogen and oxygen atoms in total. The van der Waals surface area contributed by atoms with E-state index in [1.165, 1.54) is 4.90 Å². The monoisotopic (exact) mass is 324 g/mol. The fourth-order valence-corrected chi connectivity index (χ4v) is 2.78. The first-order chi connectivity index (χ1) is 11.7. The van der Waals surface area contributed by atoms with Crippen molar-refractivity contribution in [2.45, 2.75) is 13.3 Å². The van der Waals surface area contributed by atoms with Crippen molar-refractivity contribution in [2.24, 2.45) is 0 Å². The number of anilines is 1. The fraction of sp³-hybridized carbons (Fsp3) is 0.211. The fourth-order valence-electron chi connectivity index (χ4n) is 2.78. The van der Waals surface area contributed by atoms with E-state index < -0.39 is 6.09 Å². The first-order valence-electron chi connectivity index (χ1n) is 7.98. The molecule has 0 radical (unpaired) electrons. The zero-order valence-electron chi connectivity index (χ0n) is 13.5. The smallest absolute Gasteiger partial charge is 0.411 e. The molecule has 5 heteroatoms. The van der Waals surface area contributed by atoms with Crippen LogP contribution in [0.15, 0.2) is 54.6 Å². The Morgan fingerprint density at radius 1 is 1.17 bits per heavy atom. The Labute approximate surface area is 140 Å². The summed E-state index contributed by atoms with van der Waals surface area (Å²) in [5.41, 5.74) is 2.64. The highest BCUT2D eigenvalue weighted by Gasteiger charge is 2.18. The molecule has 0 aliphatic rings. The van der Waals surface area contributed by atoms with Crippen LogP contribution in [0.5, 0.6) is 5.75 Å². The molecule has 0 saturated heterocycles. The van der Waals surface area contributed by atoms with Gasteiger partial charge in [0, 0.05) is 24.2 Å². The number of carboxylic acid groups (broad SMARTS) is 1. The van der Waals surface area contributed by atoms with Gasteiger partial charge in [0.05, 0.1) is 12.3 Å². The highest BCUT2D eigenvalue weighted by Crippen LogP contribution is 2.28. The summed E-state index contributed by atoms with van der Waals surface area (Å²) in [6.45, 7) is 2.73. The van der Waals surface area contributed by atoms with Gasteiger partial charge in [-0.3, -0.25) is 4.90 Å². The van der Waals surface area contributed by atoms with Crippen LogP contribution in [0.2, 0.25) is 0 Å². The number of rotatable bonds is 6. The molecular weight excluding hydrogens is 304 g/mol. The summed E-state index contributed by atoms with van der Waals surface area (Å²) in [5, 5.41) is 10.7. The third-order valence-corrected chi connectivity index (χ3v) is 3.88. The van der Waals surface area contributed by atoms with Gasteiger partial charge >= 0.3 is 6.09 Å². The summed E-state index contributed by atoms with van der Waals surface area (Å²) < 4.78 is 5.56. The van der Waals surface area contributed by atoms with Crippen molar-refractivity contribution in [3.05, 3.63) is 60.3 Å². The largest absolute Gasteiger partial charge is 0.492 e. The lowest BCUT2D eigenvalue weighted by atomic mass is 10.2. The van der Waals surface area contributed by atoms with Crippen LogP contribution in [0.3, 0.4) is 0 Å². The molecule has 2 N–H and O–H groups in total. The van der Waals surface area contributed by atoms with E-state index in [9.17, 15) is 9.90 Å². The Hall–Kier alpha value is -2.95. The molecule has 0 aliphatic carbocycles. The van der Waals surface area contributed by atoms with E-state index >= 15 is 0 Å². The van der Waals surface area contributed by atoms with Gasteiger partial charge in [0.25, 0.3) is 0 Å². The van der Waals surface area contributed by atoms with Crippen molar-refractivity contribution in [3.63, 3.8) is 0 Å². The Balaban J connectivity index is 1.80. The van der Waals surface area contributed by atoms with Gasteiger partial charge in [-0.05, 0) is 36.6 Å². The Morgan fingerprint density at radius 2 is 1.92 bits per heavy atom. The van der Waals surface area contributed by atoms with Crippen LogP contribution < -0.4 is 9.64 Å². The van der Waals surface area contributed by atoms with Gasteiger partial charge in [0.1, 0.15) is 5.75 Å². The Morgan fingerprint density at radius 3 is 2.67 bits per heavy atom. The minimum Gasteiger partial charge on any atom is -0.492 e. The molecule has 1 aromatic heterocycles. The summed E-state index contributed by atoms with van der Waals surface area (Å²) in [6, 6.07) is 17.3. The lowest BCUT2D eigenvalue weighted by molar-refractivity contribution is 0.201. The van der Waals surface area contributed by atoms with Crippen LogP contribution >= 0.6 is 0 Å². The number of aromatic nitrogens is 1.